The van der Waals surface area contributed by atoms with Gasteiger partial charge in [-0.05, 0) is 70.1 Å². The molecular weight excluding hydrogens is 487 g/mol. The molecule has 1 aliphatic heterocycles. The number of thioether (sulfide) groups is 1. The maximum Gasteiger partial charge on any atom is 0.264 e. The van der Waals surface area contributed by atoms with Crippen LogP contribution in [-0.2, 0) is 11.4 Å². The fraction of sp³-hybridized carbons (Fsp3) is 0.0370. The quantitative estimate of drug-likeness (QED) is 0.284. The number of nitrogens with zero attached hydrogens (tertiary/aromatic N) is 1. The molecular formula is C27H18Cl2N2O2S. The van der Waals surface area contributed by atoms with E-state index in [2.05, 4.69) is 34.6 Å². The van der Waals surface area contributed by atoms with E-state index >= 15 is 0 Å². The molecule has 1 N–H and O–H groups in total. The molecule has 0 aliphatic carbocycles. The number of amidine groups is 1. The van der Waals surface area contributed by atoms with Crippen molar-refractivity contribution in [2.24, 2.45) is 4.99 Å². The molecule has 0 unspecified atom stereocenters. The Morgan fingerprint density at radius 3 is 2.68 bits per heavy atom. The second kappa shape index (κ2) is 9.94. The maximum absolute atomic E-state index is 12.5. The Balaban J connectivity index is 1.32. The summed E-state index contributed by atoms with van der Waals surface area (Å²) in [5, 5.41) is 6.56. The molecule has 1 amide bonds. The number of benzene rings is 4. The molecule has 0 bridgehead atoms. The zero-order chi connectivity index (χ0) is 23.5. The van der Waals surface area contributed by atoms with Crippen LogP contribution in [0.3, 0.4) is 0 Å². The van der Waals surface area contributed by atoms with Gasteiger partial charge >= 0.3 is 0 Å². The highest BCUT2D eigenvalue weighted by Gasteiger charge is 2.24. The Labute approximate surface area is 211 Å². The molecule has 7 heteroatoms. The van der Waals surface area contributed by atoms with Gasteiger partial charge in [0.05, 0.1) is 15.6 Å². The van der Waals surface area contributed by atoms with Crippen LogP contribution in [0.25, 0.3) is 16.8 Å². The second-order valence-electron chi connectivity index (χ2n) is 7.58. The average Bonchev–Trinajstić information content (AvgIpc) is 3.18. The van der Waals surface area contributed by atoms with Gasteiger partial charge in [0.2, 0.25) is 0 Å². The number of ether oxygens (including phenoxy) is 1. The van der Waals surface area contributed by atoms with E-state index in [1.54, 1.807) is 18.2 Å². The van der Waals surface area contributed by atoms with Gasteiger partial charge in [-0.1, -0.05) is 77.8 Å². The zero-order valence-corrected chi connectivity index (χ0v) is 20.1. The van der Waals surface area contributed by atoms with Gasteiger partial charge in [-0.2, -0.15) is 0 Å². The Bertz CT molecular complexity index is 1460. The normalized spacial score (nSPS) is 15.8. The number of hydrogen-bond donors (Lipinski definition) is 1. The molecule has 0 saturated carbocycles. The Morgan fingerprint density at radius 2 is 1.76 bits per heavy atom. The van der Waals surface area contributed by atoms with E-state index in [4.69, 9.17) is 27.9 Å². The van der Waals surface area contributed by atoms with Gasteiger partial charge in [0.1, 0.15) is 12.4 Å². The van der Waals surface area contributed by atoms with E-state index < -0.39 is 0 Å². The molecule has 0 aromatic heterocycles. The van der Waals surface area contributed by atoms with Crippen LogP contribution in [0.1, 0.15) is 11.1 Å². The van der Waals surface area contributed by atoms with Crippen LogP contribution in [0, 0.1) is 0 Å². The smallest absolute Gasteiger partial charge is 0.264 e. The lowest BCUT2D eigenvalue weighted by atomic mass is 10.1. The summed E-state index contributed by atoms with van der Waals surface area (Å²) >= 11 is 13.5. The predicted octanol–water partition coefficient (Wildman–Crippen LogP) is 7.62. The fourth-order valence-corrected chi connectivity index (χ4v) is 4.75. The van der Waals surface area contributed by atoms with Crippen molar-refractivity contribution in [3.63, 3.8) is 0 Å². The Morgan fingerprint density at radius 1 is 0.941 bits per heavy atom. The maximum atomic E-state index is 12.5. The van der Waals surface area contributed by atoms with Crippen molar-refractivity contribution in [3.05, 3.63) is 111 Å². The number of halogens is 2. The fourth-order valence-electron chi connectivity index (χ4n) is 3.59. The van der Waals surface area contributed by atoms with Crippen molar-refractivity contribution in [3.8, 4) is 5.75 Å². The van der Waals surface area contributed by atoms with E-state index in [9.17, 15) is 4.79 Å². The first kappa shape index (κ1) is 22.5. The van der Waals surface area contributed by atoms with E-state index in [0.717, 1.165) is 16.9 Å². The van der Waals surface area contributed by atoms with Crippen molar-refractivity contribution >= 4 is 68.6 Å². The van der Waals surface area contributed by atoms with Gasteiger partial charge in [0, 0.05) is 5.02 Å². The minimum Gasteiger partial charge on any atom is -0.489 e. The third-order valence-corrected chi connectivity index (χ3v) is 6.68. The molecule has 4 nitrogen and oxygen atoms in total. The lowest BCUT2D eigenvalue weighted by molar-refractivity contribution is -0.115. The Hall–Kier alpha value is -3.25. The van der Waals surface area contributed by atoms with Crippen LogP contribution in [0.2, 0.25) is 10.0 Å². The van der Waals surface area contributed by atoms with Crippen LogP contribution in [0.4, 0.5) is 5.69 Å². The highest BCUT2D eigenvalue weighted by atomic mass is 35.5. The molecule has 0 radical (unpaired) electrons. The molecule has 1 aliphatic rings. The van der Waals surface area contributed by atoms with Gasteiger partial charge in [-0.25, -0.2) is 4.99 Å². The number of hydrogen-bond acceptors (Lipinski definition) is 4. The zero-order valence-electron chi connectivity index (χ0n) is 17.8. The van der Waals surface area contributed by atoms with E-state index in [1.807, 2.05) is 48.5 Å². The molecule has 1 fully saturated rings. The van der Waals surface area contributed by atoms with Gasteiger partial charge < -0.3 is 10.1 Å². The first-order valence-corrected chi connectivity index (χ1v) is 12.1. The topological polar surface area (TPSA) is 50.7 Å². The van der Waals surface area contributed by atoms with Crippen molar-refractivity contribution in [2.75, 3.05) is 0 Å². The number of aliphatic imine (C=N–C) groups is 1. The highest BCUT2D eigenvalue weighted by Crippen LogP contribution is 2.33. The number of rotatable bonds is 5. The molecule has 0 atom stereocenters. The SMILES string of the molecule is O=C1NC(=Nc2cc(Cl)ccc2Cl)S/C1=C/c1cccc(OCc2cccc3ccccc23)c1. The summed E-state index contributed by atoms with van der Waals surface area (Å²) in [5.41, 5.74) is 2.48. The molecule has 1 heterocycles. The van der Waals surface area contributed by atoms with Crippen LogP contribution in [0.15, 0.2) is 94.8 Å². The molecule has 4 aromatic rings. The van der Waals surface area contributed by atoms with Gasteiger partial charge in [-0.3, -0.25) is 4.79 Å². The molecule has 4 aromatic carbocycles. The predicted molar refractivity (Wildman–Crippen MR) is 142 cm³/mol. The minimum absolute atomic E-state index is 0.219. The van der Waals surface area contributed by atoms with Crippen LogP contribution in [-0.4, -0.2) is 11.1 Å². The van der Waals surface area contributed by atoms with Gasteiger partial charge in [0.15, 0.2) is 5.17 Å². The molecule has 1 saturated heterocycles. The number of carbonyl (C=O) groups excluding carboxylic acids is 1. The molecule has 5 rings (SSSR count). The Kier molecular flexibility index (Phi) is 6.59. The third kappa shape index (κ3) is 5.12. The second-order valence-corrected chi connectivity index (χ2v) is 9.45. The summed E-state index contributed by atoms with van der Waals surface area (Å²) in [4.78, 5) is 17.4. The van der Waals surface area contributed by atoms with Crippen molar-refractivity contribution < 1.29 is 9.53 Å². The molecule has 168 valence electrons. The standard InChI is InChI=1S/C27H18Cl2N2O2S/c28-20-11-12-23(29)24(15-20)30-27-31-26(32)25(34-27)14-17-5-3-9-21(13-17)33-16-19-8-4-7-18-6-1-2-10-22(18)19/h1-15H,16H2,(H,30,31,32)/b25-14+. The minimum atomic E-state index is -0.219. The first-order valence-electron chi connectivity index (χ1n) is 10.5. The summed E-state index contributed by atoms with van der Waals surface area (Å²) in [6.07, 6.45) is 1.81. The summed E-state index contributed by atoms with van der Waals surface area (Å²) < 4.78 is 6.07. The lowest BCUT2D eigenvalue weighted by Gasteiger charge is -2.09. The summed E-state index contributed by atoms with van der Waals surface area (Å²) in [6, 6.07) is 27.1. The van der Waals surface area contributed by atoms with E-state index in [-0.39, 0.29) is 5.91 Å². The van der Waals surface area contributed by atoms with E-state index in [1.165, 1.54) is 22.5 Å². The van der Waals surface area contributed by atoms with Crippen LogP contribution >= 0.6 is 35.0 Å². The number of fused-ring (bicyclic) bond motifs is 1. The van der Waals surface area contributed by atoms with Crippen molar-refractivity contribution in [2.45, 2.75) is 6.61 Å². The largest absolute Gasteiger partial charge is 0.489 e. The first-order chi connectivity index (χ1) is 16.5. The van der Waals surface area contributed by atoms with Crippen molar-refractivity contribution in [1.29, 1.82) is 0 Å². The molecule has 0 spiro atoms. The molecule has 34 heavy (non-hydrogen) atoms. The summed E-state index contributed by atoms with van der Waals surface area (Å²) in [7, 11) is 0. The highest BCUT2D eigenvalue weighted by molar-refractivity contribution is 8.18. The van der Waals surface area contributed by atoms with Crippen molar-refractivity contribution in [1.82, 2.24) is 5.32 Å². The number of carbonyl (C=O) groups is 1. The third-order valence-electron chi connectivity index (χ3n) is 5.21. The average molecular weight is 505 g/mol. The summed E-state index contributed by atoms with van der Waals surface area (Å²) in [6.45, 7) is 0.452. The van der Waals surface area contributed by atoms with Crippen LogP contribution < -0.4 is 10.1 Å². The van der Waals surface area contributed by atoms with E-state index in [0.29, 0.717) is 32.4 Å². The number of amides is 1. The number of nitrogens with one attached hydrogen (secondary N) is 1. The van der Waals surface area contributed by atoms with Crippen LogP contribution in [0.5, 0.6) is 5.75 Å². The monoisotopic (exact) mass is 504 g/mol. The van der Waals surface area contributed by atoms with Gasteiger partial charge in [-0.15, -0.1) is 0 Å². The van der Waals surface area contributed by atoms with Gasteiger partial charge in [0.25, 0.3) is 5.91 Å². The summed E-state index contributed by atoms with van der Waals surface area (Å²) in [5.74, 6) is 0.509. The lowest BCUT2D eigenvalue weighted by Crippen LogP contribution is -2.19.